The zero-order valence-corrected chi connectivity index (χ0v) is 16.8. The van der Waals surface area contributed by atoms with E-state index >= 15 is 0 Å². The fourth-order valence-corrected chi connectivity index (χ4v) is 3.49. The maximum Gasteiger partial charge on any atom is 0.226 e. The van der Waals surface area contributed by atoms with E-state index in [2.05, 4.69) is 64.1 Å². The van der Waals surface area contributed by atoms with Gasteiger partial charge < -0.3 is 15.1 Å². The maximum absolute atomic E-state index is 5.61. The molecule has 2 N–H and O–H groups in total. The Morgan fingerprint density at radius 3 is 2.74 bits per heavy atom. The van der Waals surface area contributed by atoms with Gasteiger partial charge in [-0.25, -0.2) is 4.98 Å². The highest BCUT2D eigenvalue weighted by Crippen LogP contribution is 2.20. The summed E-state index contributed by atoms with van der Waals surface area (Å²) in [6, 6.07) is 12.4. The maximum atomic E-state index is 5.61. The smallest absolute Gasteiger partial charge is 0.226 e. The van der Waals surface area contributed by atoms with Crippen LogP contribution in [0.15, 0.2) is 57.5 Å². The summed E-state index contributed by atoms with van der Waals surface area (Å²) in [7, 11) is 1.79. The summed E-state index contributed by atoms with van der Waals surface area (Å²) >= 11 is 1.79. The van der Waals surface area contributed by atoms with Gasteiger partial charge >= 0.3 is 0 Å². The van der Waals surface area contributed by atoms with Crippen LogP contribution in [0.25, 0.3) is 11.5 Å². The normalized spacial score (nSPS) is 12.8. The van der Waals surface area contributed by atoms with Gasteiger partial charge in [0.15, 0.2) is 5.96 Å². The van der Waals surface area contributed by atoms with Crippen LogP contribution >= 0.6 is 11.3 Å². The van der Waals surface area contributed by atoms with Crippen molar-refractivity contribution < 1.29 is 4.42 Å². The van der Waals surface area contributed by atoms with Crippen molar-refractivity contribution in [2.75, 3.05) is 20.1 Å². The number of aliphatic imine (C=N–C) groups is 1. The third-order valence-electron chi connectivity index (χ3n) is 4.35. The van der Waals surface area contributed by atoms with Gasteiger partial charge in [0.05, 0.1) is 5.69 Å². The molecule has 27 heavy (non-hydrogen) atoms. The van der Waals surface area contributed by atoms with E-state index in [0.717, 1.165) is 36.7 Å². The molecule has 0 fully saturated rings. The van der Waals surface area contributed by atoms with Crippen molar-refractivity contribution in [3.63, 3.8) is 0 Å². The minimum atomic E-state index is 0.455. The van der Waals surface area contributed by atoms with Gasteiger partial charge in [0.25, 0.3) is 0 Å². The molecule has 1 unspecified atom stereocenters. The van der Waals surface area contributed by atoms with E-state index in [1.165, 1.54) is 10.4 Å². The number of thiophene rings is 1. The largest absolute Gasteiger partial charge is 0.444 e. The Kier molecular flexibility index (Phi) is 6.65. The number of hydrogen-bond acceptors (Lipinski definition) is 4. The molecule has 0 bridgehead atoms. The summed E-state index contributed by atoms with van der Waals surface area (Å²) in [6.45, 7) is 5.88. The molecule has 0 aliphatic carbocycles. The molecule has 2 aromatic heterocycles. The number of guanidine groups is 1. The predicted octanol–water partition coefficient (Wildman–Crippen LogP) is 4.22. The minimum absolute atomic E-state index is 0.455. The lowest BCUT2D eigenvalue weighted by Gasteiger charge is -2.14. The second kappa shape index (κ2) is 9.37. The van der Waals surface area contributed by atoms with Crippen molar-refractivity contribution in [2.45, 2.75) is 26.2 Å². The van der Waals surface area contributed by atoms with Gasteiger partial charge in [-0.3, -0.25) is 4.99 Å². The first-order valence-corrected chi connectivity index (χ1v) is 10.0. The highest BCUT2D eigenvalue weighted by atomic mass is 32.1. The molecule has 3 rings (SSSR count). The first-order valence-electron chi connectivity index (χ1n) is 9.15. The van der Waals surface area contributed by atoms with E-state index in [-0.39, 0.29) is 0 Å². The molecule has 5 nitrogen and oxygen atoms in total. The third kappa shape index (κ3) is 5.44. The SMILES string of the molecule is CN=C(NCCc1coc(-c2ccc(C)cc2)n1)NCC(C)c1cccs1. The van der Waals surface area contributed by atoms with Crippen LogP contribution in [0.5, 0.6) is 0 Å². The zero-order valence-electron chi connectivity index (χ0n) is 16.0. The average Bonchev–Trinajstić information content (AvgIpc) is 3.37. The third-order valence-corrected chi connectivity index (χ3v) is 5.46. The second-order valence-corrected chi connectivity index (χ2v) is 7.54. The summed E-state index contributed by atoms with van der Waals surface area (Å²) in [5.41, 5.74) is 3.15. The number of nitrogens with one attached hydrogen (secondary N) is 2. The summed E-state index contributed by atoms with van der Waals surface area (Å²) in [4.78, 5) is 10.2. The van der Waals surface area contributed by atoms with Gasteiger partial charge in [-0.2, -0.15) is 0 Å². The average molecular weight is 383 g/mol. The molecular formula is C21H26N4OS. The fraction of sp³-hybridized carbons (Fsp3) is 0.333. The Labute approximate surface area is 164 Å². The molecule has 0 saturated heterocycles. The number of benzene rings is 1. The van der Waals surface area contributed by atoms with Gasteiger partial charge in [-0.15, -0.1) is 11.3 Å². The highest BCUT2D eigenvalue weighted by molar-refractivity contribution is 7.10. The molecule has 0 aliphatic rings. The van der Waals surface area contributed by atoms with Crippen molar-refractivity contribution in [1.29, 1.82) is 0 Å². The topological polar surface area (TPSA) is 62.5 Å². The minimum Gasteiger partial charge on any atom is -0.444 e. The molecule has 6 heteroatoms. The highest BCUT2D eigenvalue weighted by Gasteiger charge is 2.09. The summed E-state index contributed by atoms with van der Waals surface area (Å²) in [6.07, 6.45) is 2.50. The van der Waals surface area contributed by atoms with E-state index < -0.39 is 0 Å². The lowest BCUT2D eigenvalue weighted by atomic mass is 10.1. The van der Waals surface area contributed by atoms with Crippen molar-refractivity contribution in [3.05, 3.63) is 64.2 Å². The number of hydrogen-bond donors (Lipinski definition) is 2. The van der Waals surface area contributed by atoms with Crippen molar-refractivity contribution in [2.24, 2.45) is 4.99 Å². The second-order valence-electron chi connectivity index (χ2n) is 6.56. The number of aryl methyl sites for hydroxylation is 1. The standard InChI is InChI=1S/C21H26N4OS/c1-15-6-8-17(9-7-15)20-25-18(14-26-20)10-11-23-21(22-3)24-13-16(2)19-5-4-12-27-19/h4-9,12,14,16H,10-11,13H2,1-3H3,(H2,22,23,24). The molecular weight excluding hydrogens is 356 g/mol. The van der Waals surface area contributed by atoms with E-state index in [4.69, 9.17) is 4.42 Å². The van der Waals surface area contributed by atoms with Gasteiger partial charge in [-0.1, -0.05) is 30.7 Å². The number of rotatable bonds is 7. The van der Waals surface area contributed by atoms with Crippen molar-refractivity contribution >= 4 is 17.3 Å². The molecule has 0 aliphatic heterocycles. The zero-order chi connectivity index (χ0) is 19.1. The number of aromatic nitrogens is 1. The fourth-order valence-electron chi connectivity index (χ4n) is 2.70. The molecule has 0 saturated carbocycles. The lowest BCUT2D eigenvalue weighted by Crippen LogP contribution is -2.39. The van der Waals surface area contributed by atoms with Gasteiger partial charge in [0.2, 0.25) is 5.89 Å². The molecule has 0 spiro atoms. The number of oxazole rings is 1. The van der Waals surface area contributed by atoms with Crippen LogP contribution < -0.4 is 10.6 Å². The Balaban J connectivity index is 1.45. The van der Waals surface area contributed by atoms with Crippen molar-refractivity contribution in [1.82, 2.24) is 15.6 Å². The molecule has 142 valence electrons. The summed E-state index contributed by atoms with van der Waals surface area (Å²) in [5, 5.41) is 8.83. The number of nitrogens with zero attached hydrogens (tertiary/aromatic N) is 2. The summed E-state index contributed by atoms with van der Waals surface area (Å²) in [5.74, 6) is 1.93. The van der Waals surface area contributed by atoms with Gasteiger partial charge in [-0.05, 0) is 30.5 Å². The van der Waals surface area contributed by atoms with E-state index in [1.807, 2.05) is 12.1 Å². The molecule has 3 aromatic rings. The molecule has 2 heterocycles. The van der Waals surface area contributed by atoms with Gasteiger partial charge in [0, 0.05) is 42.9 Å². The van der Waals surface area contributed by atoms with Crippen LogP contribution in [-0.2, 0) is 6.42 Å². The molecule has 0 radical (unpaired) electrons. The first kappa shape index (κ1) is 19.2. The first-order chi connectivity index (χ1) is 13.2. The Hall–Kier alpha value is -2.60. The monoisotopic (exact) mass is 382 g/mol. The van der Waals surface area contributed by atoms with Gasteiger partial charge in [0.1, 0.15) is 6.26 Å². The van der Waals surface area contributed by atoms with Crippen LogP contribution in [0.2, 0.25) is 0 Å². The Morgan fingerprint density at radius 1 is 1.22 bits per heavy atom. The molecule has 1 aromatic carbocycles. The lowest BCUT2D eigenvalue weighted by molar-refractivity contribution is 0.572. The Morgan fingerprint density at radius 2 is 2.04 bits per heavy atom. The van der Waals surface area contributed by atoms with Crippen molar-refractivity contribution in [3.8, 4) is 11.5 Å². The van der Waals surface area contributed by atoms with Crippen LogP contribution in [0.3, 0.4) is 0 Å². The van der Waals surface area contributed by atoms with E-state index in [0.29, 0.717) is 11.8 Å². The van der Waals surface area contributed by atoms with Crippen LogP contribution in [0.1, 0.15) is 29.0 Å². The quantitative estimate of drug-likeness (QED) is 0.474. The molecule has 0 amide bonds. The van der Waals surface area contributed by atoms with Crippen LogP contribution in [0.4, 0.5) is 0 Å². The van der Waals surface area contributed by atoms with E-state index in [9.17, 15) is 0 Å². The predicted molar refractivity (Wildman–Crippen MR) is 112 cm³/mol. The summed E-state index contributed by atoms with van der Waals surface area (Å²) < 4.78 is 5.61. The van der Waals surface area contributed by atoms with Crippen LogP contribution in [-0.4, -0.2) is 31.1 Å². The molecule has 1 atom stereocenters. The van der Waals surface area contributed by atoms with Crippen LogP contribution in [0, 0.1) is 6.92 Å². The Bertz CT molecular complexity index is 853. The van der Waals surface area contributed by atoms with E-state index in [1.54, 1.807) is 24.6 Å².